The maximum atomic E-state index is 11.7. The molecule has 0 spiro atoms. The van der Waals surface area contributed by atoms with Gasteiger partial charge < -0.3 is 20.1 Å². The van der Waals surface area contributed by atoms with E-state index in [1.165, 1.54) is 0 Å². The van der Waals surface area contributed by atoms with Crippen LogP contribution in [0.4, 0.5) is 11.4 Å². The summed E-state index contributed by atoms with van der Waals surface area (Å²) >= 11 is 3.56. The Morgan fingerprint density at radius 2 is 1.70 bits per heavy atom. The number of methoxy groups -OCH3 is 1. The van der Waals surface area contributed by atoms with Gasteiger partial charge in [0.05, 0.1) is 17.7 Å². The molecular formula is C21H27BrN2O3. The van der Waals surface area contributed by atoms with Crippen LogP contribution in [0, 0.1) is 5.92 Å². The van der Waals surface area contributed by atoms with Crippen molar-refractivity contribution in [1.82, 2.24) is 0 Å². The topological polar surface area (TPSA) is 59.6 Å². The average Bonchev–Trinajstić information content (AvgIpc) is 2.62. The minimum atomic E-state index is -0.0427. The maximum absolute atomic E-state index is 11.7. The molecule has 0 aliphatic carbocycles. The van der Waals surface area contributed by atoms with Gasteiger partial charge in [-0.25, -0.2) is 0 Å². The van der Waals surface area contributed by atoms with E-state index in [-0.39, 0.29) is 17.9 Å². The summed E-state index contributed by atoms with van der Waals surface area (Å²) in [6.07, 6.45) is 0.0638. The van der Waals surface area contributed by atoms with E-state index >= 15 is 0 Å². The number of benzene rings is 2. The largest absolute Gasteiger partial charge is 0.493 e. The Morgan fingerprint density at radius 1 is 1.07 bits per heavy atom. The fraction of sp³-hybridized carbons (Fsp3) is 0.381. The van der Waals surface area contributed by atoms with E-state index in [1.807, 2.05) is 64.1 Å². The van der Waals surface area contributed by atoms with E-state index in [1.54, 1.807) is 7.11 Å². The first-order valence-electron chi connectivity index (χ1n) is 8.98. The van der Waals surface area contributed by atoms with Gasteiger partial charge in [0, 0.05) is 23.8 Å². The van der Waals surface area contributed by atoms with Crippen LogP contribution < -0.4 is 20.1 Å². The molecule has 146 valence electrons. The Hall–Kier alpha value is -2.21. The quantitative estimate of drug-likeness (QED) is 0.579. The summed E-state index contributed by atoms with van der Waals surface area (Å²) in [4.78, 5) is 11.7. The fourth-order valence-electron chi connectivity index (χ4n) is 2.39. The van der Waals surface area contributed by atoms with Crippen LogP contribution in [0.25, 0.3) is 0 Å². The van der Waals surface area contributed by atoms with Crippen LogP contribution in [0.1, 0.15) is 33.3 Å². The highest BCUT2D eigenvalue weighted by atomic mass is 79.9. The summed E-state index contributed by atoms with van der Waals surface area (Å²) in [5.74, 6) is 1.37. The van der Waals surface area contributed by atoms with Crippen LogP contribution in [-0.2, 0) is 11.3 Å². The molecule has 0 radical (unpaired) electrons. The highest BCUT2D eigenvalue weighted by Gasteiger charge is 2.13. The lowest BCUT2D eigenvalue weighted by Crippen LogP contribution is -2.17. The number of anilines is 2. The lowest BCUT2D eigenvalue weighted by atomic mass is 10.2. The molecule has 0 unspecified atom stereocenters. The molecule has 0 aliphatic rings. The Bertz CT molecular complexity index is 774. The van der Waals surface area contributed by atoms with Crippen LogP contribution in [0.2, 0.25) is 0 Å². The Labute approximate surface area is 169 Å². The second kappa shape index (κ2) is 9.65. The van der Waals surface area contributed by atoms with Gasteiger partial charge in [0.15, 0.2) is 11.5 Å². The minimum Gasteiger partial charge on any atom is -0.493 e. The summed E-state index contributed by atoms with van der Waals surface area (Å²) in [5, 5.41) is 6.26. The number of rotatable bonds is 8. The molecule has 0 bridgehead atoms. The molecule has 2 N–H and O–H groups in total. The van der Waals surface area contributed by atoms with Crippen molar-refractivity contribution in [2.45, 2.75) is 40.3 Å². The number of halogens is 1. The molecule has 5 nitrogen and oxygen atoms in total. The van der Waals surface area contributed by atoms with Crippen LogP contribution in [0.15, 0.2) is 40.9 Å². The van der Waals surface area contributed by atoms with Crippen LogP contribution in [0.5, 0.6) is 11.5 Å². The van der Waals surface area contributed by atoms with Crippen LogP contribution in [-0.4, -0.2) is 19.1 Å². The van der Waals surface area contributed by atoms with E-state index in [4.69, 9.17) is 9.47 Å². The number of hydrogen-bond acceptors (Lipinski definition) is 4. The summed E-state index contributed by atoms with van der Waals surface area (Å²) in [5.41, 5.74) is 2.82. The highest BCUT2D eigenvalue weighted by Crippen LogP contribution is 2.37. The second-order valence-corrected chi connectivity index (χ2v) is 7.70. The summed E-state index contributed by atoms with van der Waals surface area (Å²) in [6.45, 7) is 8.34. The molecule has 2 aromatic carbocycles. The highest BCUT2D eigenvalue weighted by molar-refractivity contribution is 9.10. The average molecular weight is 435 g/mol. The molecule has 0 aromatic heterocycles. The Kier molecular flexibility index (Phi) is 7.54. The summed E-state index contributed by atoms with van der Waals surface area (Å²) < 4.78 is 12.1. The Morgan fingerprint density at radius 3 is 2.26 bits per heavy atom. The van der Waals surface area contributed by atoms with E-state index < -0.39 is 0 Å². The smallest absolute Gasteiger partial charge is 0.226 e. The molecule has 1 amide bonds. The van der Waals surface area contributed by atoms with Gasteiger partial charge in [-0.2, -0.15) is 0 Å². The first-order valence-corrected chi connectivity index (χ1v) is 9.77. The predicted octanol–water partition coefficient (Wildman–Crippen LogP) is 5.45. The van der Waals surface area contributed by atoms with Crippen molar-refractivity contribution >= 4 is 33.2 Å². The van der Waals surface area contributed by atoms with Gasteiger partial charge in [0.25, 0.3) is 0 Å². The number of carbonyl (C=O) groups excluding carboxylic acids is 1. The number of ether oxygens (including phenoxy) is 2. The zero-order valence-electron chi connectivity index (χ0n) is 16.4. The van der Waals surface area contributed by atoms with Crippen molar-refractivity contribution < 1.29 is 14.3 Å². The first-order chi connectivity index (χ1) is 12.8. The number of amides is 1. The van der Waals surface area contributed by atoms with Crippen molar-refractivity contribution in [1.29, 1.82) is 0 Å². The molecule has 0 saturated carbocycles. The van der Waals surface area contributed by atoms with E-state index in [0.29, 0.717) is 18.0 Å². The summed E-state index contributed by atoms with van der Waals surface area (Å²) in [6, 6.07) is 11.6. The van der Waals surface area contributed by atoms with Crippen molar-refractivity contribution in [2.75, 3.05) is 17.7 Å². The number of carbonyl (C=O) groups is 1. The van der Waals surface area contributed by atoms with Gasteiger partial charge in [0.2, 0.25) is 5.91 Å². The van der Waals surface area contributed by atoms with Gasteiger partial charge in [-0.05, 0) is 71.7 Å². The zero-order chi connectivity index (χ0) is 20.0. The molecular weight excluding hydrogens is 408 g/mol. The van der Waals surface area contributed by atoms with Crippen molar-refractivity contribution in [2.24, 2.45) is 5.92 Å². The van der Waals surface area contributed by atoms with Gasteiger partial charge in [-0.15, -0.1) is 0 Å². The lowest BCUT2D eigenvalue weighted by Gasteiger charge is -2.17. The van der Waals surface area contributed by atoms with Crippen LogP contribution >= 0.6 is 15.9 Å². The molecule has 0 aliphatic heterocycles. The van der Waals surface area contributed by atoms with Gasteiger partial charge in [0.1, 0.15) is 0 Å². The standard InChI is InChI=1S/C21H27BrN2O3/c1-13(2)21(25)24-17-8-6-16(7-9-17)23-12-15-10-18(22)20(27-14(3)4)19(11-15)26-5/h6-11,13-14,23H,12H2,1-5H3,(H,24,25). The van der Waals surface area contributed by atoms with Gasteiger partial charge >= 0.3 is 0 Å². The molecule has 0 saturated heterocycles. The second-order valence-electron chi connectivity index (χ2n) is 6.85. The minimum absolute atomic E-state index is 0.0105. The molecule has 0 heterocycles. The third kappa shape index (κ3) is 6.17. The van der Waals surface area contributed by atoms with Crippen molar-refractivity contribution in [3.05, 3.63) is 46.4 Å². The Balaban J connectivity index is 2.04. The molecule has 2 aromatic rings. The van der Waals surface area contributed by atoms with Gasteiger partial charge in [-0.3, -0.25) is 4.79 Å². The third-order valence-corrected chi connectivity index (χ3v) is 4.41. The monoisotopic (exact) mass is 434 g/mol. The predicted molar refractivity (Wildman–Crippen MR) is 114 cm³/mol. The summed E-state index contributed by atoms with van der Waals surface area (Å²) in [7, 11) is 1.64. The fourth-order valence-corrected chi connectivity index (χ4v) is 2.97. The van der Waals surface area contributed by atoms with Crippen molar-refractivity contribution in [3.63, 3.8) is 0 Å². The molecule has 2 rings (SSSR count). The maximum Gasteiger partial charge on any atom is 0.226 e. The first kappa shape index (κ1) is 21.1. The molecule has 27 heavy (non-hydrogen) atoms. The molecule has 0 fully saturated rings. The van der Waals surface area contributed by atoms with E-state index in [0.717, 1.165) is 21.4 Å². The zero-order valence-corrected chi connectivity index (χ0v) is 18.0. The van der Waals surface area contributed by atoms with Gasteiger partial charge in [-0.1, -0.05) is 13.8 Å². The normalized spacial score (nSPS) is 10.8. The number of nitrogens with one attached hydrogen (secondary N) is 2. The van der Waals surface area contributed by atoms with Crippen molar-refractivity contribution in [3.8, 4) is 11.5 Å². The SMILES string of the molecule is COc1cc(CNc2ccc(NC(=O)C(C)C)cc2)cc(Br)c1OC(C)C. The lowest BCUT2D eigenvalue weighted by molar-refractivity contribution is -0.118. The molecule has 6 heteroatoms. The van der Waals surface area contributed by atoms with E-state index in [9.17, 15) is 4.79 Å². The third-order valence-electron chi connectivity index (χ3n) is 3.82. The van der Waals surface area contributed by atoms with E-state index in [2.05, 4.69) is 26.6 Å². The molecule has 0 atom stereocenters. The van der Waals surface area contributed by atoms with Crippen LogP contribution in [0.3, 0.4) is 0 Å². The number of hydrogen-bond donors (Lipinski definition) is 2.